The van der Waals surface area contributed by atoms with Crippen LogP contribution >= 0.6 is 27.7 Å². The van der Waals surface area contributed by atoms with Gasteiger partial charge in [0.2, 0.25) is 5.91 Å². The van der Waals surface area contributed by atoms with Crippen molar-refractivity contribution in [1.82, 2.24) is 10.3 Å². The number of hydrogen-bond donors (Lipinski definition) is 4. The Balaban J connectivity index is 1.28. The number of aromatic amines is 1. The van der Waals surface area contributed by atoms with Gasteiger partial charge in [-0.3, -0.25) is 14.4 Å². The van der Waals surface area contributed by atoms with Crippen LogP contribution in [0.5, 0.6) is 0 Å². The van der Waals surface area contributed by atoms with Gasteiger partial charge in [0.1, 0.15) is 11.5 Å². The molecule has 0 radical (unpaired) electrons. The van der Waals surface area contributed by atoms with Crippen molar-refractivity contribution in [3.05, 3.63) is 130 Å². The number of thioether (sulfide) groups is 1. The summed E-state index contributed by atoms with van der Waals surface area (Å²) in [7, 11) is 0. The first-order chi connectivity index (χ1) is 20.8. The van der Waals surface area contributed by atoms with Gasteiger partial charge in [-0.05, 0) is 73.7 Å². The Labute approximate surface area is 260 Å². The molecule has 1 heterocycles. The van der Waals surface area contributed by atoms with E-state index in [-0.39, 0.29) is 17.3 Å². The normalized spacial score (nSPS) is 12.0. The number of anilines is 2. The molecular weight excluding hydrogens is 631 g/mol. The fraction of sp³-hybridized carbons (Fsp3) is 0.0606. The van der Waals surface area contributed by atoms with Gasteiger partial charge in [-0.2, -0.15) is 0 Å². The molecule has 5 rings (SSSR count). The van der Waals surface area contributed by atoms with Gasteiger partial charge in [0.15, 0.2) is 0 Å². The Hall–Kier alpha value is -4.67. The predicted octanol–water partition coefficient (Wildman–Crippen LogP) is 7.60. The van der Waals surface area contributed by atoms with Crippen LogP contribution in [0.4, 0.5) is 15.8 Å². The fourth-order valence-electron chi connectivity index (χ4n) is 4.21. The molecule has 0 spiro atoms. The molecule has 0 aliphatic heterocycles. The summed E-state index contributed by atoms with van der Waals surface area (Å²) in [4.78, 5) is 43.0. The first-order valence-electron chi connectivity index (χ1n) is 13.2. The van der Waals surface area contributed by atoms with Crippen molar-refractivity contribution >= 4 is 73.8 Å². The summed E-state index contributed by atoms with van der Waals surface area (Å²) in [6.07, 6.45) is 3.41. The lowest BCUT2D eigenvalue weighted by molar-refractivity contribution is -0.115. The van der Waals surface area contributed by atoms with Gasteiger partial charge in [0.05, 0.1) is 10.9 Å². The standard InChI is InChI=1S/C33H26BrFN4O3S/c1-20(31(40)38-29-16-11-23(34)18-27(29)35)43-25-14-12-24(13-15-25)37-33(42)30(39-32(41)21-7-3-2-4-8-21)17-22-19-36-28-10-6-5-9-26(22)28/h2-20,36H,1H3,(H,37,42)(H,38,40)(H,39,41)/b30-17-/t20-/m0/s1. The van der Waals surface area contributed by atoms with Crippen molar-refractivity contribution < 1.29 is 18.8 Å². The van der Waals surface area contributed by atoms with Gasteiger partial charge < -0.3 is 20.9 Å². The Morgan fingerprint density at radius 1 is 0.907 bits per heavy atom. The zero-order valence-electron chi connectivity index (χ0n) is 22.9. The second kappa shape index (κ2) is 13.5. The summed E-state index contributed by atoms with van der Waals surface area (Å²) in [5, 5.41) is 8.59. The summed E-state index contributed by atoms with van der Waals surface area (Å²) in [5.74, 6) is -1.79. The maximum Gasteiger partial charge on any atom is 0.272 e. The number of aromatic nitrogens is 1. The molecular formula is C33H26BrFN4O3S. The smallest absolute Gasteiger partial charge is 0.272 e. The van der Waals surface area contributed by atoms with E-state index in [1.807, 2.05) is 30.3 Å². The molecule has 43 heavy (non-hydrogen) atoms. The lowest BCUT2D eigenvalue weighted by Crippen LogP contribution is -2.30. The Kier molecular flexibility index (Phi) is 9.38. The zero-order chi connectivity index (χ0) is 30.3. The number of halogens is 2. The van der Waals surface area contributed by atoms with E-state index < -0.39 is 22.9 Å². The molecule has 7 nitrogen and oxygen atoms in total. The molecule has 0 saturated heterocycles. The maximum absolute atomic E-state index is 14.1. The monoisotopic (exact) mass is 656 g/mol. The SMILES string of the molecule is C[C@H](Sc1ccc(NC(=O)/C(=C/c2c[nH]c3ccccc23)NC(=O)c2ccccc2)cc1)C(=O)Nc1ccc(Br)cc1F. The summed E-state index contributed by atoms with van der Waals surface area (Å²) in [5.41, 5.74) is 2.75. The van der Waals surface area contributed by atoms with E-state index in [0.717, 1.165) is 21.4 Å². The third-order valence-corrected chi connectivity index (χ3v) is 8.04. The lowest BCUT2D eigenvalue weighted by atomic mass is 10.1. The third kappa shape index (κ3) is 7.59. The number of para-hydroxylation sites is 1. The minimum absolute atomic E-state index is 0.0718. The zero-order valence-corrected chi connectivity index (χ0v) is 25.3. The van der Waals surface area contributed by atoms with E-state index in [9.17, 15) is 18.8 Å². The van der Waals surface area contributed by atoms with Crippen molar-refractivity contribution in [1.29, 1.82) is 0 Å². The Bertz CT molecular complexity index is 1820. The second-order valence-corrected chi connectivity index (χ2v) is 11.8. The van der Waals surface area contributed by atoms with Gasteiger partial charge in [-0.25, -0.2) is 4.39 Å². The number of hydrogen-bond acceptors (Lipinski definition) is 4. The average Bonchev–Trinajstić information content (AvgIpc) is 3.42. The van der Waals surface area contributed by atoms with E-state index in [2.05, 4.69) is 36.9 Å². The number of carbonyl (C=O) groups is 3. The number of nitrogens with one attached hydrogen (secondary N) is 4. The second-order valence-electron chi connectivity index (χ2n) is 9.52. The molecule has 3 amide bonds. The van der Waals surface area contributed by atoms with Crippen LogP contribution in [-0.4, -0.2) is 28.0 Å². The number of benzene rings is 4. The molecule has 4 N–H and O–H groups in total. The average molecular weight is 658 g/mol. The fourth-order valence-corrected chi connectivity index (χ4v) is 5.41. The van der Waals surface area contributed by atoms with Gasteiger partial charge >= 0.3 is 0 Å². The molecule has 0 unspecified atom stereocenters. The highest BCUT2D eigenvalue weighted by Gasteiger charge is 2.18. The first kappa shape index (κ1) is 29.8. The highest BCUT2D eigenvalue weighted by molar-refractivity contribution is 9.10. The van der Waals surface area contributed by atoms with Crippen LogP contribution < -0.4 is 16.0 Å². The van der Waals surface area contributed by atoms with E-state index in [4.69, 9.17) is 0 Å². The minimum Gasteiger partial charge on any atom is -0.361 e. The first-order valence-corrected chi connectivity index (χ1v) is 14.9. The molecule has 216 valence electrons. The summed E-state index contributed by atoms with van der Waals surface area (Å²) in [6, 6.07) is 27.7. The highest BCUT2D eigenvalue weighted by Crippen LogP contribution is 2.27. The van der Waals surface area contributed by atoms with E-state index >= 15 is 0 Å². The van der Waals surface area contributed by atoms with Crippen LogP contribution in [0.15, 0.2) is 118 Å². The van der Waals surface area contributed by atoms with Crippen molar-refractivity contribution in [2.75, 3.05) is 10.6 Å². The van der Waals surface area contributed by atoms with Crippen molar-refractivity contribution in [2.45, 2.75) is 17.1 Å². The lowest BCUT2D eigenvalue weighted by Gasteiger charge is -2.14. The van der Waals surface area contributed by atoms with Gasteiger partial charge in [-0.1, -0.05) is 52.3 Å². The van der Waals surface area contributed by atoms with Crippen molar-refractivity contribution in [3.63, 3.8) is 0 Å². The van der Waals surface area contributed by atoms with Crippen LogP contribution in [0.25, 0.3) is 17.0 Å². The summed E-state index contributed by atoms with van der Waals surface area (Å²) >= 11 is 4.50. The molecule has 0 aliphatic carbocycles. The maximum atomic E-state index is 14.1. The quantitative estimate of drug-likeness (QED) is 0.0969. The minimum atomic E-state index is -0.530. The number of carbonyl (C=O) groups excluding carboxylic acids is 3. The van der Waals surface area contributed by atoms with E-state index in [1.165, 1.54) is 23.9 Å². The largest absolute Gasteiger partial charge is 0.361 e. The number of rotatable bonds is 9. The van der Waals surface area contributed by atoms with E-state index in [1.54, 1.807) is 73.8 Å². The number of H-pyrrole nitrogens is 1. The van der Waals surface area contributed by atoms with Crippen molar-refractivity contribution in [3.8, 4) is 0 Å². The van der Waals surface area contributed by atoms with Crippen LogP contribution in [0, 0.1) is 5.82 Å². The van der Waals surface area contributed by atoms with Crippen LogP contribution in [0.2, 0.25) is 0 Å². The highest BCUT2D eigenvalue weighted by atomic mass is 79.9. The molecule has 0 aliphatic rings. The van der Waals surface area contributed by atoms with E-state index in [0.29, 0.717) is 15.7 Å². The predicted molar refractivity (Wildman–Crippen MR) is 173 cm³/mol. The van der Waals surface area contributed by atoms with Gasteiger partial charge in [0.25, 0.3) is 11.8 Å². The Morgan fingerprint density at radius 2 is 1.63 bits per heavy atom. The summed E-state index contributed by atoms with van der Waals surface area (Å²) < 4.78 is 14.7. The van der Waals surface area contributed by atoms with Crippen LogP contribution in [0.1, 0.15) is 22.8 Å². The molecule has 0 fully saturated rings. The molecule has 1 atom stereocenters. The molecule has 10 heteroatoms. The van der Waals surface area contributed by atoms with Crippen LogP contribution in [0.3, 0.4) is 0 Å². The molecule has 1 aromatic heterocycles. The molecule has 5 aromatic rings. The topological polar surface area (TPSA) is 103 Å². The number of amides is 3. The van der Waals surface area contributed by atoms with Crippen molar-refractivity contribution in [2.24, 2.45) is 0 Å². The summed E-state index contributed by atoms with van der Waals surface area (Å²) in [6.45, 7) is 1.73. The molecule has 4 aromatic carbocycles. The third-order valence-electron chi connectivity index (χ3n) is 6.43. The Morgan fingerprint density at radius 3 is 2.37 bits per heavy atom. The molecule has 0 bridgehead atoms. The number of fused-ring (bicyclic) bond motifs is 1. The van der Waals surface area contributed by atoms with Gasteiger partial charge in [-0.15, -0.1) is 11.8 Å². The molecule has 0 saturated carbocycles. The van der Waals surface area contributed by atoms with Gasteiger partial charge in [0, 0.05) is 43.3 Å². The van der Waals surface area contributed by atoms with Crippen LogP contribution in [-0.2, 0) is 9.59 Å².